The van der Waals surface area contributed by atoms with Crippen molar-refractivity contribution in [1.82, 2.24) is 4.98 Å². The molecule has 0 unspecified atom stereocenters. The molecule has 0 radical (unpaired) electrons. The van der Waals surface area contributed by atoms with Gasteiger partial charge in [0.1, 0.15) is 5.76 Å². The summed E-state index contributed by atoms with van der Waals surface area (Å²) in [5.74, 6) is 0.0605. The lowest BCUT2D eigenvalue weighted by Crippen LogP contribution is -1.86. The van der Waals surface area contributed by atoms with Gasteiger partial charge in [0.15, 0.2) is 0 Å². The van der Waals surface area contributed by atoms with Crippen molar-refractivity contribution in [3.8, 4) is 0 Å². The number of benzene rings is 1. The van der Waals surface area contributed by atoms with Gasteiger partial charge in [-0.25, -0.2) is 0 Å². The summed E-state index contributed by atoms with van der Waals surface area (Å²) < 4.78 is 0. The molecule has 1 aromatic heterocycles. The van der Waals surface area contributed by atoms with E-state index in [0.717, 1.165) is 0 Å². The Kier molecular flexibility index (Phi) is 3.67. The van der Waals surface area contributed by atoms with Crippen LogP contribution in [0.1, 0.15) is 11.3 Å². The maximum atomic E-state index is 9.94. The molecule has 0 saturated carbocycles. The monoisotopic (exact) mass is 265 g/mol. The summed E-state index contributed by atoms with van der Waals surface area (Å²) in [6, 6.07) is 10.4. The van der Waals surface area contributed by atoms with Gasteiger partial charge in [-0.15, -0.1) is 0 Å². The number of halogens is 2. The van der Waals surface area contributed by atoms with E-state index in [9.17, 15) is 5.11 Å². The minimum atomic E-state index is 0.0605. The van der Waals surface area contributed by atoms with Crippen LogP contribution in [-0.2, 0) is 0 Å². The minimum Gasteiger partial charge on any atom is -0.507 e. The molecule has 0 saturated heterocycles. The number of hydrogen-bond donors (Lipinski definition) is 1. The molecule has 1 N–H and O–H groups in total. The van der Waals surface area contributed by atoms with Gasteiger partial charge in [0.25, 0.3) is 0 Å². The van der Waals surface area contributed by atoms with Crippen molar-refractivity contribution < 1.29 is 5.11 Å². The Hall–Kier alpha value is -1.51. The molecule has 1 aromatic carbocycles. The average molecular weight is 266 g/mol. The van der Waals surface area contributed by atoms with Crippen LogP contribution in [0.3, 0.4) is 0 Å². The van der Waals surface area contributed by atoms with Crippen LogP contribution in [-0.4, -0.2) is 10.1 Å². The summed E-state index contributed by atoms with van der Waals surface area (Å²) in [6.45, 7) is 0. The van der Waals surface area contributed by atoms with Crippen molar-refractivity contribution in [2.24, 2.45) is 0 Å². The van der Waals surface area contributed by atoms with Crippen LogP contribution in [0.25, 0.3) is 11.8 Å². The third-order valence-corrected chi connectivity index (χ3v) is 2.73. The fourth-order valence-electron chi connectivity index (χ4n) is 1.38. The lowest BCUT2D eigenvalue weighted by Gasteiger charge is -2.03. The zero-order valence-electron chi connectivity index (χ0n) is 8.77. The van der Waals surface area contributed by atoms with E-state index in [1.165, 1.54) is 0 Å². The summed E-state index contributed by atoms with van der Waals surface area (Å²) in [5, 5.41) is 10.9. The average Bonchev–Trinajstić information content (AvgIpc) is 2.30. The topological polar surface area (TPSA) is 33.1 Å². The zero-order chi connectivity index (χ0) is 12.3. The molecule has 0 spiro atoms. The summed E-state index contributed by atoms with van der Waals surface area (Å²) in [5.41, 5.74) is 1.19. The Morgan fingerprint density at radius 3 is 2.65 bits per heavy atom. The van der Waals surface area contributed by atoms with Crippen molar-refractivity contribution in [3.63, 3.8) is 0 Å². The predicted octanol–water partition coefficient (Wildman–Crippen LogP) is 4.44. The van der Waals surface area contributed by atoms with E-state index in [1.807, 2.05) is 12.1 Å². The molecule has 0 aliphatic rings. The molecule has 0 atom stereocenters. The molecule has 4 heteroatoms. The minimum absolute atomic E-state index is 0.0605. The number of hydrogen-bond acceptors (Lipinski definition) is 2. The summed E-state index contributed by atoms with van der Waals surface area (Å²) in [6.07, 6.45) is 3.21. The van der Waals surface area contributed by atoms with Gasteiger partial charge >= 0.3 is 0 Å². The van der Waals surface area contributed by atoms with Crippen LogP contribution in [0.4, 0.5) is 0 Å². The van der Waals surface area contributed by atoms with Gasteiger partial charge in [0, 0.05) is 22.9 Å². The van der Waals surface area contributed by atoms with Gasteiger partial charge in [0.05, 0.1) is 10.7 Å². The first-order valence-corrected chi connectivity index (χ1v) is 5.69. The normalized spacial score (nSPS) is 11.5. The van der Waals surface area contributed by atoms with Gasteiger partial charge in [-0.1, -0.05) is 29.3 Å². The molecular formula is C13H9Cl2NO. The van der Waals surface area contributed by atoms with Crippen LogP contribution in [0.5, 0.6) is 0 Å². The predicted molar refractivity (Wildman–Crippen MR) is 71.2 cm³/mol. The zero-order valence-corrected chi connectivity index (χ0v) is 10.3. The molecule has 2 aromatic rings. The SMILES string of the molecule is O/C(=C/c1ccccn1)c1ccc(Cl)cc1Cl. The first-order valence-electron chi connectivity index (χ1n) is 4.94. The van der Waals surface area contributed by atoms with Crippen LogP contribution >= 0.6 is 23.2 Å². The van der Waals surface area contributed by atoms with Crippen molar-refractivity contribution in [1.29, 1.82) is 0 Å². The van der Waals surface area contributed by atoms with Crippen molar-refractivity contribution in [2.75, 3.05) is 0 Å². The molecule has 17 heavy (non-hydrogen) atoms. The van der Waals surface area contributed by atoms with Gasteiger partial charge in [-0.2, -0.15) is 0 Å². The van der Waals surface area contributed by atoms with Gasteiger partial charge in [-0.3, -0.25) is 4.98 Å². The van der Waals surface area contributed by atoms with Gasteiger partial charge in [-0.05, 0) is 30.3 Å². The number of aliphatic hydroxyl groups excluding tert-OH is 1. The van der Waals surface area contributed by atoms with E-state index in [2.05, 4.69) is 4.98 Å². The van der Waals surface area contributed by atoms with E-state index in [-0.39, 0.29) is 5.76 Å². The second kappa shape index (κ2) is 5.21. The number of aromatic nitrogens is 1. The standard InChI is InChI=1S/C13H9Cl2NO/c14-9-4-5-11(12(15)7-9)13(17)8-10-3-1-2-6-16-10/h1-8,17H/b13-8+. The van der Waals surface area contributed by atoms with E-state index < -0.39 is 0 Å². The number of rotatable bonds is 2. The molecule has 0 amide bonds. The Morgan fingerprint density at radius 1 is 1.18 bits per heavy atom. The van der Waals surface area contributed by atoms with Crippen molar-refractivity contribution in [2.45, 2.75) is 0 Å². The molecule has 1 heterocycles. The molecule has 2 nitrogen and oxygen atoms in total. The van der Waals surface area contributed by atoms with Gasteiger partial charge in [0.2, 0.25) is 0 Å². The fraction of sp³-hybridized carbons (Fsp3) is 0. The smallest absolute Gasteiger partial charge is 0.126 e. The fourth-order valence-corrected chi connectivity index (χ4v) is 1.88. The van der Waals surface area contributed by atoms with E-state index in [0.29, 0.717) is 21.3 Å². The summed E-state index contributed by atoms with van der Waals surface area (Å²) >= 11 is 11.8. The Labute approximate surface area is 109 Å². The third-order valence-electron chi connectivity index (χ3n) is 2.18. The van der Waals surface area contributed by atoms with Crippen LogP contribution in [0, 0.1) is 0 Å². The number of aliphatic hydroxyl groups is 1. The molecule has 0 fully saturated rings. The summed E-state index contributed by atoms with van der Waals surface area (Å²) in [7, 11) is 0. The highest BCUT2D eigenvalue weighted by atomic mass is 35.5. The Balaban J connectivity index is 2.37. The Morgan fingerprint density at radius 2 is 2.00 bits per heavy atom. The number of pyridine rings is 1. The molecule has 0 aliphatic carbocycles. The highest BCUT2D eigenvalue weighted by Gasteiger charge is 2.05. The van der Waals surface area contributed by atoms with Gasteiger partial charge < -0.3 is 5.11 Å². The molecule has 2 rings (SSSR count). The van der Waals surface area contributed by atoms with E-state index >= 15 is 0 Å². The van der Waals surface area contributed by atoms with Crippen molar-refractivity contribution in [3.05, 3.63) is 63.9 Å². The van der Waals surface area contributed by atoms with E-state index in [4.69, 9.17) is 23.2 Å². The van der Waals surface area contributed by atoms with Crippen LogP contribution in [0.2, 0.25) is 10.0 Å². The molecular weight excluding hydrogens is 257 g/mol. The lowest BCUT2D eigenvalue weighted by atomic mass is 10.1. The van der Waals surface area contributed by atoms with Crippen molar-refractivity contribution >= 4 is 35.0 Å². The highest BCUT2D eigenvalue weighted by molar-refractivity contribution is 6.35. The highest BCUT2D eigenvalue weighted by Crippen LogP contribution is 2.26. The number of nitrogens with zero attached hydrogens (tertiary/aromatic N) is 1. The first kappa shape index (κ1) is 12.0. The Bertz CT molecular complexity index is 553. The van der Waals surface area contributed by atoms with Crippen LogP contribution < -0.4 is 0 Å². The van der Waals surface area contributed by atoms with E-state index in [1.54, 1.807) is 36.5 Å². The second-order valence-corrected chi connectivity index (χ2v) is 4.25. The third kappa shape index (κ3) is 2.99. The quantitative estimate of drug-likeness (QED) is 0.815. The second-order valence-electron chi connectivity index (χ2n) is 3.41. The molecule has 86 valence electrons. The molecule has 0 bridgehead atoms. The summed E-state index contributed by atoms with van der Waals surface area (Å²) in [4.78, 5) is 4.09. The maximum Gasteiger partial charge on any atom is 0.126 e. The lowest BCUT2D eigenvalue weighted by molar-refractivity contribution is 0.515. The molecule has 0 aliphatic heterocycles. The van der Waals surface area contributed by atoms with Crippen LogP contribution in [0.15, 0.2) is 42.6 Å². The largest absolute Gasteiger partial charge is 0.507 e. The first-order chi connectivity index (χ1) is 8.16. The maximum absolute atomic E-state index is 9.94.